The Labute approximate surface area is 365 Å². The van der Waals surface area contributed by atoms with E-state index in [0.29, 0.717) is 0 Å². The van der Waals surface area contributed by atoms with Gasteiger partial charge in [-0.15, -0.1) is 0 Å². The molecular weight excluding hydrogens is 749 g/mol. The van der Waals surface area contributed by atoms with Crippen LogP contribution in [0.1, 0.15) is 29.2 Å². The van der Waals surface area contributed by atoms with E-state index < -0.39 is 0 Å². The zero-order valence-electron chi connectivity index (χ0n) is 35.2. The molecule has 0 bridgehead atoms. The van der Waals surface area contributed by atoms with E-state index in [2.05, 4.69) is 266 Å². The highest BCUT2D eigenvalue weighted by molar-refractivity contribution is 6.00. The number of hydrogen-bond donors (Lipinski definition) is 0. The van der Waals surface area contributed by atoms with Gasteiger partial charge in [0.15, 0.2) is 0 Å². The van der Waals surface area contributed by atoms with Crippen LogP contribution in [0.3, 0.4) is 0 Å². The topological polar surface area (TPSA) is 6.48 Å². The van der Waals surface area contributed by atoms with Gasteiger partial charge in [-0.1, -0.05) is 194 Å². The van der Waals surface area contributed by atoms with Crippen molar-refractivity contribution in [1.82, 2.24) is 0 Å². The first-order valence-corrected chi connectivity index (χ1v) is 21.5. The largest absolute Gasteiger partial charge is 0.310 e. The Morgan fingerprint density at radius 2 is 0.710 bits per heavy atom. The summed E-state index contributed by atoms with van der Waals surface area (Å²) >= 11 is 0. The molecule has 0 saturated heterocycles. The van der Waals surface area contributed by atoms with Gasteiger partial charge in [-0.25, -0.2) is 0 Å². The highest BCUT2D eigenvalue weighted by atomic mass is 15.1. The van der Waals surface area contributed by atoms with Gasteiger partial charge in [0.25, 0.3) is 0 Å². The Balaban J connectivity index is 1.01. The molecule has 0 N–H and O–H groups in total. The first-order chi connectivity index (χ1) is 30.5. The average Bonchev–Trinajstić information content (AvgIpc) is 3.34. The van der Waals surface area contributed by atoms with Crippen molar-refractivity contribution in [2.75, 3.05) is 9.80 Å². The lowest BCUT2D eigenvalue weighted by Gasteiger charge is -2.33. The molecule has 10 aromatic rings. The molecule has 0 aromatic heterocycles. The third-order valence-corrected chi connectivity index (χ3v) is 12.5. The third-order valence-electron chi connectivity index (χ3n) is 12.5. The molecule has 2 nitrogen and oxygen atoms in total. The average molecular weight is 797 g/mol. The Hall–Kier alpha value is -7.68. The molecule has 0 aliphatic rings. The number of benzene rings is 10. The van der Waals surface area contributed by atoms with Crippen LogP contribution < -0.4 is 9.80 Å². The van der Waals surface area contributed by atoms with Crippen LogP contribution in [0.2, 0.25) is 0 Å². The van der Waals surface area contributed by atoms with Crippen LogP contribution in [0.4, 0.5) is 34.1 Å². The predicted octanol–water partition coefficient (Wildman–Crippen LogP) is 16.5. The summed E-state index contributed by atoms with van der Waals surface area (Å²) in [5.74, 6) is 0. The summed E-state index contributed by atoms with van der Waals surface area (Å²) in [6.45, 7) is 4.51. The van der Waals surface area contributed by atoms with Crippen LogP contribution in [-0.2, 0) is 11.8 Å². The van der Waals surface area contributed by atoms with Gasteiger partial charge in [-0.3, -0.25) is 0 Å². The summed E-state index contributed by atoms with van der Waals surface area (Å²) in [4.78, 5) is 4.77. The quantitative estimate of drug-likeness (QED) is 0.129. The lowest BCUT2D eigenvalue weighted by Crippen LogP contribution is -2.26. The summed E-state index contributed by atoms with van der Waals surface area (Å²) in [5, 5.41) is 4.87. The summed E-state index contributed by atoms with van der Waals surface area (Å²) in [6.07, 6.45) is 0.903. The van der Waals surface area contributed by atoms with Gasteiger partial charge in [0.2, 0.25) is 0 Å². The molecule has 0 spiro atoms. The second-order valence-corrected chi connectivity index (χ2v) is 16.5. The van der Waals surface area contributed by atoms with Crippen molar-refractivity contribution >= 4 is 55.7 Å². The van der Waals surface area contributed by atoms with E-state index in [9.17, 15) is 0 Å². The lowest BCUT2D eigenvalue weighted by molar-refractivity contribution is 0.567. The molecule has 0 heterocycles. The minimum atomic E-state index is -0.214. The fourth-order valence-electron chi connectivity index (χ4n) is 9.12. The zero-order valence-corrected chi connectivity index (χ0v) is 35.2. The van der Waals surface area contributed by atoms with E-state index in [1.165, 1.54) is 54.9 Å². The number of aryl methyl sites for hydroxylation is 1. The molecule has 10 rings (SSSR count). The molecule has 1 unspecified atom stereocenters. The Kier molecular flexibility index (Phi) is 10.4. The second-order valence-electron chi connectivity index (χ2n) is 16.5. The van der Waals surface area contributed by atoms with Gasteiger partial charge in [0.05, 0.1) is 11.4 Å². The minimum absolute atomic E-state index is 0.214. The zero-order chi connectivity index (χ0) is 41.9. The molecule has 10 aromatic carbocycles. The third kappa shape index (κ3) is 7.53. The van der Waals surface area contributed by atoms with Gasteiger partial charge < -0.3 is 9.80 Å². The van der Waals surface area contributed by atoms with Crippen LogP contribution in [0, 0.1) is 6.92 Å². The van der Waals surface area contributed by atoms with Gasteiger partial charge in [0.1, 0.15) is 0 Å². The molecular formula is C60H48N2. The fourth-order valence-corrected chi connectivity index (χ4v) is 9.12. The van der Waals surface area contributed by atoms with Crippen LogP contribution in [0.25, 0.3) is 32.7 Å². The summed E-state index contributed by atoms with van der Waals surface area (Å²) in [7, 11) is 0. The molecule has 298 valence electrons. The molecule has 0 radical (unpaired) electrons. The number of nitrogens with zero attached hydrogens (tertiary/aromatic N) is 2. The van der Waals surface area contributed by atoms with E-state index in [-0.39, 0.29) is 5.41 Å². The fraction of sp³-hybridized carbons (Fsp3) is 0.0667. The highest BCUT2D eigenvalue weighted by Crippen LogP contribution is 2.43. The number of anilines is 6. The van der Waals surface area contributed by atoms with Gasteiger partial charge in [0, 0.05) is 38.9 Å². The maximum atomic E-state index is 2.40. The number of hydrogen-bond acceptors (Lipinski definition) is 2. The van der Waals surface area contributed by atoms with E-state index in [1.54, 1.807) is 0 Å². The van der Waals surface area contributed by atoms with E-state index in [1.807, 2.05) is 0 Å². The molecule has 0 fully saturated rings. The summed E-state index contributed by atoms with van der Waals surface area (Å²) in [5.41, 5.74) is 14.0. The Morgan fingerprint density at radius 3 is 1.19 bits per heavy atom. The van der Waals surface area contributed by atoms with E-state index in [4.69, 9.17) is 0 Å². The second kappa shape index (κ2) is 16.8. The molecule has 0 aliphatic carbocycles. The van der Waals surface area contributed by atoms with Crippen molar-refractivity contribution in [2.45, 2.75) is 25.7 Å². The van der Waals surface area contributed by atoms with Crippen molar-refractivity contribution in [3.63, 3.8) is 0 Å². The smallest absolute Gasteiger partial charge is 0.0540 e. The maximum Gasteiger partial charge on any atom is 0.0540 e. The van der Waals surface area contributed by atoms with Crippen molar-refractivity contribution in [3.05, 3.63) is 265 Å². The Morgan fingerprint density at radius 1 is 0.339 bits per heavy atom. The predicted molar refractivity (Wildman–Crippen MR) is 264 cm³/mol. The van der Waals surface area contributed by atoms with Gasteiger partial charge in [-0.05, 0) is 113 Å². The molecule has 0 saturated carbocycles. The van der Waals surface area contributed by atoms with Crippen molar-refractivity contribution in [2.24, 2.45) is 0 Å². The summed E-state index contributed by atoms with van der Waals surface area (Å²) < 4.78 is 0. The van der Waals surface area contributed by atoms with Gasteiger partial charge in [-0.2, -0.15) is 0 Å². The summed E-state index contributed by atoms with van der Waals surface area (Å²) in [6, 6.07) is 88.3. The lowest BCUT2D eigenvalue weighted by atomic mass is 9.72. The molecule has 0 amide bonds. The van der Waals surface area contributed by atoms with Gasteiger partial charge >= 0.3 is 0 Å². The number of fused-ring (bicyclic) bond motifs is 2. The normalized spacial score (nSPS) is 12.2. The molecule has 1 atom stereocenters. The standard InChI is InChI=1S/C60H48N2/c1-44-27-35-52(36-28-44)61(58-25-13-19-48-17-9-11-23-56(48)58)53-37-29-46(30-38-53)47-31-39-54(40-32-47)62(59-26-14-20-49-18-10-12-24-57(49)59)55-41-33-51(34-42-55)60(2,50-21-7-4-8-22-50)43-45-15-5-3-6-16-45/h3-42H,43H2,1-2H3. The van der Waals surface area contributed by atoms with E-state index >= 15 is 0 Å². The van der Waals surface area contributed by atoms with Crippen LogP contribution in [0.15, 0.2) is 243 Å². The molecule has 2 heteroatoms. The first-order valence-electron chi connectivity index (χ1n) is 21.5. The monoisotopic (exact) mass is 796 g/mol. The van der Waals surface area contributed by atoms with Crippen molar-refractivity contribution in [3.8, 4) is 11.1 Å². The molecule has 0 aliphatic heterocycles. The number of rotatable bonds is 11. The Bertz CT molecular complexity index is 3070. The SMILES string of the molecule is Cc1ccc(N(c2ccc(-c3ccc(N(c4ccc(C(C)(Cc5ccccc5)c5ccccc5)cc4)c4cccc5ccccc45)cc3)cc2)c2cccc3ccccc23)cc1. The van der Waals surface area contributed by atoms with E-state index in [0.717, 1.165) is 40.5 Å². The first kappa shape index (κ1) is 38.5. The van der Waals surface area contributed by atoms with Crippen LogP contribution >= 0.6 is 0 Å². The van der Waals surface area contributed by atoms with Crippen molar-refractivity contribution < 1.29 is 0 Å². The maximum absolute atomic E-state index is 2.40. The van der Waals surface area contributed by atoms with Crippen molar-refractivity contribution in [1.29, 1.82) is 0 Å². The van der Waals surface area contributed by atoms with Crippen LogP contribution in [-0.4, -0.2) is 0 Å². The molecule has 62 heavy (non-hydrogen) atoms. The minimum Gasteiger partial charge on any atom is -0.310 e. The highest BCUT2D eigenvalue weighted by Gasteiger charge is 2.30. The van der Waals surface area contributed by atoms with Crippen LogP contribution in [0.5, 0.6) is 0 Å².